The van der Waals surface area contributed by atoms with E-state index in [0.29, 0.717) is 32.1 Å². The average molecular weight is 445 g/mol. The molecule has 0 heterocycles. The van der Waals surface area contributed by atoms with Crippen LogP contribution in [-0.4, -0.2) is 18.3 Å². The minimum Gasteiger partial charge on any atom is -0.483 e. The minimum absolute atomic E-state index is 0.159. The molecule has 1 N–H and O–H groups in total. The van der Waals surface area contributed by atoms with Crippen LogP contribution in [0.5, 0.6) is 5.75 Å². The van der Waals surface area contributed by atoms with Crippen LogP contribution in [0, 0.1) is 0 Å². The van der Waals surface area contributed by atoms with Crippen molar-refractivity contribution in [3.8, 4) is 5.75 Å². The SMILES string of the molecule is O=C(COc1ccc(Cl)cc1Br)Nc1ccccc1C(=O)c1ccccc1. The van der Waals surface area contributed by atoms with E-state index >= 15 is 0 Å². The number of hydrogen-bond acceptors (Lipinski definition) is 3. The van der Waals surface area contributed by atoms with Gasteiger partial charge in [0, 0.05) is 16.1 Å². The first-order valence-electron chi connectivity index (χ1n) is 8.11. The Morgan fingerprint density at radius 1 is 0.963 bits per heavy atom. The summed E-state index contributed by atoms with van der Waals surface area (Å²) in [5.74, 6) is -0.0266. The van der Waals surface area contributed by atoms with Crippen LogP contribution in [0.1, 0.15) is 15.9 Å². The predicted molar refractivity (Wildman–Crippen MR) is 110 cm³/mol. The zero-order valence-corrected chi connectivity index (χ0v) is 16.5. The standard InChI is InChI=1S/C21H15BrClNO3/c22-17-12-15(23)10-11-19(17)27-13-20(25)24-18-9-5-4-8-16(18)21(26)14-6-2-1-3-7-14/h1-12H,13H2,(H,24,25). The van der Waals surface area contributed by atoms with Gasteiger partial charge in [-0.3, -0.25) is 9.59 Å². The van der Waals surface area contributed by atoms with Crippen LogP contribution in [-0.2, 0) is 4.79 Å². The maximum absolute atomic E-state index is 12.7. The normalized spacial score (nSPS) is 10.3. The summed E-state index contributed by atoms with van der Waals surface area (Å²) in [6.45, 7) is -0.200. The second kappa shape index (κ2) is 8.84. The second-order valence-electron chi connectivity index (χ2n) is 5.65. The van der Waals surface area contributed by atoms with Crippen molar-refractivity contribution in [1.29, 1.82) is 0 Å². The molecule has 3 aromatic carbocycles. The summed E-state index contributed by atoms with van der Waals surface area (Å²) in [5.41, 5.74) is 1.42. The number of halogens is 2. The quantitative estimate of drug-likeness (QED) is 0.521. The van der Waals surface area contributed by atoms with Gasteiger partial charge in [-0.15, -0.1) is 0 Å². The molecule has 6 heteroatoms. The maximum Gasteiger partial charge on any atom is 0.262 e. The number of rotatable bonds is 6. The van der Waals surface area contributed by atoms with Gasteiger partial charge in [0.2, 0.25) is 0 Å². The number of benzene rings is 3. The van der Waals surface area contributed by atoms with Crippen molar-refractivity contribution in [3.63, 3.8) is 0 Å². The Balaban J connectivity index is 1.70. The molecule has 0 radical (unpaired) electrons. The molecule has 0 aliphatic carbocycles. The lowest BCUT2D eigenvalue weighted by molar-refractivity contribution is -0.118. The van der Waals surface area contributed by atoms with Gasteiger partial charge in [-0.1, -0.05) is 54.1 Å². The van der Waals surface area contributed by atoms with Gasteiger partial charge in [-0.25, -0.2) is 0 Å². The number of ketones is 1. The molecule has 3 rings (SSSR count). The summed E-state index contributed by atoms with van der Waals surface area (Å²) in [4.78, 5) is 25.0. The van der Waals surface area contributed by atoms with Gasteiger partial charge in [0.25, 0.3) is 5.91 Å². The van der Waals surface area contributed by atoms with Crippen molar-refractivity contribution < 1.29 is 14.3 Å². The first kappa shape index (κ1) is 19.1. The fourth-order valence-corrected chi connectivity index (χ4v) is 3.25. The number of para-hydroxylation sites is 1. The lowest BCUT2D eigenvalue weighted by atomic mass is 10.0. The second-order valence-corrected chi connectivity index (χ2v) is 6.94. The van der Waals surface area contributed by atoms with E-state index in [4.69, 9.17) is 16.3 Å². The van der Waals surface area contributed by atoms with Crippen LogP contribution in [0.2, 0.25) is 5.02 Å². The highest BCUT2D eigenvalue weighted by atomic mass is 79.9. The fraction of sp³-hybridized carbons (Fsp3) is 0.0476. The molecule has 0 aliphatic heterocycles. The molecule has 0 spiro atoms. The largest absolute Gasteiger partial charge is 0.483 e. The maximum atomic E-state index is 12.7. The van der Waals surface area contributed by atoms with Crippen LogP contribution in [0.3, 0.4) is 0 Å². The van der Waals surface area contributed by atoms with Crippen molar-refractivity contribution >= 4 is 44.9 Å². The molecule has 0 atom stereocenters. The summed E-state index contributed by atoms with van der Waals surface area (Å²) < 4.78 is 6.16. The van der Waals surface area contributed by atoms with Crippen LogP contribution >= 0.6 is 27.5 Å². The molecule has 0 aliphatic rings. The fourth-order valence-electron chi connectivity index (χ4n) is 2.46. The van der Waals surface area contributed by atoms with Gasteiger partial charge < -0.3 is 10.1 Å². The van der Waals surface area contributed by atoms with Crippen molar-refractivity contribution in [1.82, 2.24) is 0 Å². The summed E-state index contributed by atoms with van der Waals surface area (Å²) in [6, 6.07) is 20.8. The highest BCUT2D eigenvalue weighted by Crippen LogP contribution is 2.28. The van der Waals surface area contributed by atoms with E-state index in [2.05, 4.69) is 21.2 Å². The first-order valence-corrected chi connectivity index (χ1v) is 9.28. The third-order valence-electron chi connectivity index (χ3n) is 3.73. The third-order valence-corrected chi connectivity index (χ3v) is 4.59. The Labute approximate surface area is 170 Å². The summed E-state index contributed by atoms with van der Waals surface area (Å²) in [5, 5.41) is 3.30. The molecule has 0 bridgehead atoms. The van der Waals surface area contributed by atoms with E-state index in [1.807, 2.05) is 6.07 Å². The number of hydrogen-bond donors (Lipinski definition) is 1. The van der Waals surface area contributed by atoms with E-state index in [-0.39, 0.29) is 18.3 Å². The van der Waals surface area contributed by atoms with Gasteiger partial charge in [-0.2, -0.15) is 0 Å². The Morgan fingerprint density at radius 2 is 1.67 bits per heavy atom. The molecule has 27 heavy (non-hydrogen) atoms. The Hall–Kier alpha value is -2.63. The van der Waals surface area contributed by atoms with Crippen molar-refractivity contribution in [2.75, 3.05) is 11.9 Å². The summed E-state index contributed by atoms with van der Waals surface area (Å²) in [6.07, 6.45) is 0. The molecule has 3 aromatic rings. The van der Waals surface area contributed by atoms with Gasteiger partial charge in [-0.05, 0) is 46.3 Å². The Morgan fingerprint density at radius 3 is 2.41 bits per heavy atom. The number of amides is 1. The number of ether oxygens (including phenoxy) is 1. The van der Waals surface area contributed by atoms with Gasteiger partial charge in [0.15, 0.2) is 12.4 Å². The van der Waals surface area contributed by atoms with Crippen molar-refractivity contribution in [2.24, 2.45) is 0 Å². The topological polar surface area (TPSA) is 55.4 Å². The van der Waals surface area contributed by atoms with E-state index in [1.54, 1.807) is 66.7 Å². The third kappa shape index (κ3) is 4.96. The molecule has 0 aromatic heterocycles. The van der Waals surface area contributed by atoms with Gasteiger partial charge in [0.05, 0.1) is 10.2 Å². The summed E-state index contributed by atoms with van der Waals surface area (Å²) in [7, 11) is 0. The van der Waals surface area contributed by atoms with Gasteiger partial charge >= 0.3 is 0 Å². The smallest absolute Gasteiger partial charge is 0.262 e. The zero-order valence-electron chi connectivity index (χ0n) is 14.1. The molecule has 0 saturated heterocycles. The first-order chi connectivity index (χ1) is 13.0. The van der Waals surface area contributed by atoms with Crippen LogP contribution < -0.4 is 10.1 Å². The highest BCUT2D eigenvalue weighted by Gasteiger charge is 2.15. The summed E-state index contributed by atoms with van der Waals surface area (Å²) >= 11 is 9.22. The van der Waals surface area contributed by atoms with Crippen LogP contribution in [0.25, 0.3) is 0 Å². The minimum atomic E-state index is -0.370. The lowest BCUT2D eigenvalue weighted by Gasteiger charge is -2.12. The molecule has 1 amide bonds. The molecular weight excluding hydrogens is 430 g/mol. The molecule has 4 nitrogen and oxygen atoms in total. The van der Waals surface area contributed by atoms with Crippen LogP contribution in [0.4, 0.5) is 5.69 Å². The molecule has 0 saturated carbocycles. The predicted octanol–water partition coefficient (Wildman–Crippen LogP) is 5.35. The Kier molecular flexibility index (Phi) is 6.27. The van der Waals surface area contributed by atoms with Crippen LogP contribution in [0.15, 0.2) is 77.3 Å². The van der Waals surface area contributed by atoms with Crippen molar-refractivity contribution in [3.05, 3.63) is 93.4 Å². The van der Waals surface area contributed by atoms with Crippen molar-refractivity contribution in [2.45, 2.75) is 0 Å². The lowest BCUT2D eigenvalue weighted by Crippen LogP contribution is -2.21. The highest BCUT2D eigenvalue weighted by molar-refractivity contribution is 9.10. The molecule has 0 unspecified atom stereocenters. The van der Waals surface area contributed by atoms with E-state index < -0.39 is 0 Å². The monoisotopic (exact) mass is 443 g/mol. The number of carbonyl (C=O) groups excluding carboxylic acids is 2. The Bertz CT molecular complexity index is 976. The zero-order chi connectivity index (χ0) is 19.2. The van der Waals surface area contributed by atoms with E-state index in [0.717, 1.165) is 0 Å². The molecule has 0 fully saturated rings. The van der Waals surface area contributed by atoms with E-state index in [9.17, 15) is 9.59 Å². The number of anilines is 1. The molecular formula is C21H15BrClNO3. The average Bonchev–Trinajstić information content (AvgIpc) is 2.68. The number of nitrogens with one attached hydrogen (secondary N) is 1. The number of carbonyl (C=O) groups is 2. The van der Waals surface area contributed by atoms with E-state index in [1.165, 1.54) is 0 Å². The van der Waals surface area contributed by atoms with Gasteiger partial charge in [0.1, 0.15) is 5.75 Å². The molecule has 136 valence electrons.